The van der Waals surface area contributed by atoms with Crippen LogP contribution < -0.4 is 10.5 Å². The molecule has 0 amide bonds. The molecule has 2 fully saturated rings. The SMILES string of the molecule is Cc1cc(C)c2cc(C(c3nnnn3C3CCCCC3)N3CCN(c4cc(Cl)ccc4C)CC3)c(=O)[nH]c2c1. The van der Waals surface area contributed by atoms with Gasteiger partial charge in [0.05, 0.1) is 6.04 Å². The number of rotatable bonds is 5. The number of nitrogens with one attached hydrogen (secondary N) is 1. The Hall–Kier alpha value is -3.23. The largest absolute Gasteiger partial charge is 0.369 e. The number of hydrogen-bond donors (Lipinski definition) is 1. The molecule has 8 nitrogen and oxygen atoms in total. The third-order valence-electron chi connectivity index (χ3n) is 8.51. The van der Waals surface area contributed by atoms with Gasteiger partial charge in [0.2, 0.25) is 0 Å². The van der Waals surface area contributed by atoms with Gasteiger partial charge in [0.1, 0.15) is 6.04 Å². The quantitative estimate of drug-likeness (QED) is 0.356. The van der Waals surface area contributed by atoms with E-state index in [1.54, 1.807) is 0 Å². The maximum atomic E-state index is 13.7. The van der Waals surface area contributed by atoms with E-state index in [0.29, 0.717) is 5.56 Å². The molecule has 1 unspecified atom stereocenters. The fourth-order valence-corrected chi connectivity index (χ4v) is 6.67. The Morgan fingerprint density at radius 3 is 2.49 bits per heavy atom. The highest BCUT2D eigenvalue weighted by Crippen LogP contribution is 2.34. The monoisotopic (exact) mass is 545 g/mol. The molecule has 39 heavy (non-hydrogen) atoms. The summed E-state index contributed by atoms with van der Waals surface area (Å²) in [4.78, 5) is 21.7. The van der Waals surface area contributed by atoms with Crippen molar-refractivity contribution >= 4 is 28.2 Å². The first-order valence-electron chi connectivity index (χ1n) is 14.1. The minimum absolute atomic E-state index is 0.0798. The molecule has 3 heterocycles. The molecule has 4 aromatic rings. The summed E-state index contributed by atoms with van der Waals surface area (Å²) >= 11 is 6.34. The van der Waals surface area contributed by atoms with Crippen molar-refractivity contribution in [1.29, 1.82) is 0 Å². The van der Waals surface area contributed by atoms with Gasteiger partial charge in [-0.1, -0.05) is 43.0 Å². The number of benzene rings is 2. The molecule has 1 N–H and O–H groups in total. The number of H-pyrrole nitrogens is 1. The Balaban J connectivity index is 1.40. The number of halogens is 1. The van der Waals surface area contributed by atoms with Crippen molar-refractivity contribution in [3.63, 3.8) is 0 Å². The zero-order valence-corrected chi connectivity index (χ0v) is 23.7. The van der Waals surface area contributed by atoms with E-state index in [1.165, 1.54) is 30.5 Å². The van der Waals surface area contributed by atoms with Gasteiger partial charge in [-0.15, -0.1) is 5.10 Å². The zero-order valence-electron chi connectivity index (χ0n) is 23.0. The lowest BCUT2D eigenvalue weighted by molar-refractivity contribution is 0.192. The van der Waals surface area contributed by atoms with Crippen LogP contribution in [0.2, 0.25) is 5.02 Å². The summed E-state index contributed by atoms with van der Waals surface area (Å²) in [5, 5.41) is 15.0. The van der Waals surface area contributed by atoms with E-state index in [9.17, 15) is 4.79 Å². The molecule has 204 valence electrons. The minimum atomic E-state index is -0.335. The minimum Gasteiger partial charge on any atom is -0.369 e. The number of aromatic nitrogens is 5. The van der Waals surface area contributed by atoms with E-state index in [-0.39, 0.29) is 17.6 Å². The Morgan fingerprint density at radius 2 is 1.72 bits per heavy atom. The molecule has 9 heteroatoms. The van der Waals surface area contributed by atoms with Gasteiger partial charge in [0.25, 0.3) is 5.56 Å². The van der Waals surface area contributed by atoms with Crippen molar-refractivity contribution in [2.24, 2.45) is 0 Å². The van der Waals surface area contributed by atoms with Gasteiger partial charge in [0.15, 0.2) is 5.82 Å². The molecule has 1 atom stereocenters. The third kappa shape index (κ3) is 5.08. The van der Waals surface area contributed by atoms with Gasteiger partial charge in [-0.05, 0) is 85.0 Å². The summed E-state index contributed by atoms with van der Waals surface area (Å²) in [7, 11) is 0. The van der Waals surface area contributed by atoms with Crippen molar-refractivity contribution in [3.8, 4) is 0 Å². The number of pyridine rings is 1. The van der Waals surface area contributed by atoms with Crippen LogP contribution in [0.3, 0.4) is 0 Å². The molecular formula is C30H36ClN7O. The van der Waals surface area contributed by atoms with E-state index in [4.69, 9.17) is 11.6 Å². The second-order valence-electron chi connectivity index (χ2n) is 11.2. The summed E-state index contributed by atoms with van der Waals surface area (Å²) < 4.78 is 2.02. The maximum Gasteiger partial charge on any atom is 0.253 e. The van der Waals surface area contributed by atoms with Crippen molar-refractivity contribution in [1.82, 2.24) is 30.1 Å². The number of fused-ring (bicyclic) bond motifs is 1. The van der Waals surface area contributed by atoms with Crippen molar-refractivity contribution in [2.75, 3.05) is 31.1 Å². The lowest BCUT2D eigenvalue weighted by Gasteiger charge is -2.40. The molecule has 2 aromatic carbocycles. The number of aryl methyl sites for hydroxylation is 3. The average Bonchev–Trinajstić information content (AvgIpc) is 3.41. The van der Waals surface area contributed by atoms with Crippen LogP contribution in [-0.4, -0.2) is 56.3 Å². The number of piperazine rings is 1. The first-order chi connectivity index (χ1) is 18.9. The van der Waals surface area contributed by atoms with Gasteiger partial charge in [-0.2, -0.15) is 0 Å². The van der Waals surface area contributed by atoms with Crippen LogP contribution in [0.15, 0.2) is 41.2 Å². The van der Waals surface area contributed by atoms with Crippen molar-refractivity contribution in [2.45, 2.75) is 65.0 Å². The van der Waals surface area contributed by atoms with Gasteiger partial charge >= 0.3 is 0 Å². The van der Waals surface area contributed by atoms with Gasteiger partial charge in [-0.3, -0.25) is 9.69 Å². The lowest BCUT2D eigenvalue weighted by atomic mass is 9.94. The Labute approximate surface area is 234 Å². The first-order valence-corrected chi connectivity index (χ1v) is 14.4. The summed E-state index contributed by atoms with van der Waals surface area (Å²) in [6.45, 7) is 9.49. The van der Waals surface area contributed by atoms with Crippen molar-refractivity contribution < 1.29 is 0 Å². The fraction of sp³-hybridized carbons (Fsp3) is 0.467. The van der Waals surface area contributed by atoms with Crippen LogP contribution in [0.5, 0.6) is 0 Å². The van der Waals surface area contributed by atoms with Gasteiger partial charge < -0.3 is 9.88 Å². The summed E-state index contributed by atoms with van der Waals surface area (Å²) in [5.74, 6) is 0.768. The molecule has 2 aromatic heterocycles. The van der Waals surface area contributed by atoms with Gasteiger partial charge in [0, 0.05) is 53.4 Å². The summed E-state index contributed by atoms with van der Waals surface area (Å²) in [6.07, 6.45) is 5.76. The topological polar surface area (TPSA) is 82.9 Å². The standard InChI is InChI=1S/C30H36ClN7O/c1-19-15-21(3)24-18-25(30(39)32-26(24)16-19)28(29-33-34-35-38(29)23-7-5-4-6-8-23)37-13-11-36(12-14-37)27-17-22(31)10-9-20(27)2/h9-10,15-18,23,28H,4-8,11-14H2,1-3H3,(H,32,39). The predicted molar refractivity (Wildman–Crippen MR) is 156 cm³/mol. The van der Waals surface area contributed by atoms with E-state index >= 15 is 0 Å². The lowest BCUT2D eigenvalue weighted by Crippen LogP contribution is -2.49. The highest BCUT2D eigenvalue weighted by Gasteiger charge is 2.34. The first kappa shape index (κ1) is 26.0. The Bertz CT molecular complexity index is 1550. The molecule has 0 spiro atoms. The fourth-order valence-electron chi connectivity index (χ4n) is 6.50. The van der Waals surface area contributed by atoms with Crippen LogP contribution in [0.25, 0.3) is 10.9 Å². The molecule has 1 aliphatic heterocycles. The molecule has 1 saturated heterocycles. The second-order valence-corrected chi connectivity index (χ2v) is 11.7. The van der Waals surface area contributed by atoms with E-state index in [1.807, 2.05) is 22.9 Å². The second kappa shape index (κ2) is 10.7. The van der Waals surface area contributed by atoms with Gasteiger partial charge in [-0.25, -0.2) is 4.68 Å². The van der Waals surface area contributed by atoms with Crippen LogP contribution in [0.4, 0.5) is 5.69 Å². The Morgan fingerprint density at radius 1 is 0.949 bits per heavy atom. The summed E-state index contributed by atoms with van der Waals surface area (Å²) in [5.41, 5.74) is 6.15. The normalized spacial score (nSPS) is 18.1. The Kier molecular flexibility index (Phi) is 7.16. The summed E-state index contributed by atoms with van der Waals surface area (Å²) in [6, 6.07) is 12.3. The maximum absolute atomic E-state index is 13.7. The number of anilines is 1. The number of hydrogen-bond acceptors (Lipinski definition) is 6. The smallest absolute Gasteiger partial charge is 0.253 e. The highest BCUT2D eigenvalue weighted by atomic mass is 35.5. The molecule has 1 saturated carbocycles. The molecule has 0 bridgehead atoms. The third-order valence-corrected chi connectivity index (χ3v) is 8.75. The van der Waals surface area contributed by atoms with E-state index in [2.05, 4.69) is 69.3 Å². The number of tetrazole rings is 1. The highest BCUT2D eigenvalue weighted by molar-refractivity contribution is 6.30. The van der Waals surface area contributed by atoms with E-state index < -0.39 is 0 Å². The average molecular weight is 546 g/mol. The number of aromatic amines is 1. The van der Waals surface area contributed by atoms with Crippen LogP contribution >= 0.6 is 11.6 Å². The molecular weight excluding hydrogens is 510 g/mol. The molecule has 2 aliphatic rings. The number of nitrogens with zero attached hydrogens (tertiary/aromatic N) is 6. The van der Waals surface area contributed by atoms with E-state index in [0.717, 1.165) is 71.9 Å². The predicted octanol–water partition coefficient (Wildman–Crippen LogP) is 5.51. The van der Waals surface area contributed by atoms with Crippen molar-refractivity contribution in [3.05, 3.63) is 79.9 Å². The van der Waals surface area contributed by atoms with Crippen LogP contribution in [-0.2, 0) is 0 Å². The van der Waals surface area contributed by atoms with Crippen LogP contribution in [0.1, 0.15) is 72.3 Å². The molecule has 1 aliphatic carbocycles. The van der Waals surface area contributed by atoms with Crippen LogP contribution in [0, 0.1) is 20.8 Å². The zero-order chi connectivity index (χ0) is 27.1. The molecule has 6 rings (SSSR count). The molecule has 0 radical (unpaired) electrons.